The highest BCUT2D eigenvalue weighted by Crippen LogP contribution is 2.26. The highest BCUT2D eigenvalue weighted by atomic mass is 32.1. The summed E-state index contributed by atoms with van der Waals surface area (Å²) in [6, 6.07) is 0. The van der Waals surface area contributed by atoms with Crippen molar-refractivity contribution in [1.82, 2.24) is 0 Å². The molecule has 0 aromatic carbocycles. The van der Waals surface area contributed by atoms with Crippen molar-refractivity contribution in [3.05, 3.63) is 12.2 Å². The molecule has 0 aliphatic rings. The molecule has 0 unspecified atom stereocenters. The van der Waals surface area contributed by atoms with E-state index in [4.69, 9.17) is 0 Å². The lowest BCUT2D eigenvalue weighted by molar-refractivity contribution is 0.547. The Hall–Kier alpha value is 0.0900. The zero-order valence-corrected chi connectivity index (χ0v) is 9.75. The molecule has 1 heteroatoms. The predicted octanol–water partition coefficient (Wildman–Crippen LogP) is 4.08. The second kappa shape index (κ2) is 4.96. The molecule has 0 aromatic heterocycles. The van der Waals surface area contributed by atoms with Crippen molar-refractivity contribution in [2.24, 2.45) is 5.92 Å². The van der Waals surface area contributed by atoms with Crippen molar-refractivity contribution in [1.29, 1.82) is 0 Å². The van der Waals surface area contributed by atoms with Gasteiger partial charge in [-0.05, 0) is 32.6 Å². The van der Waals surface area contributed by atoms with Crippen molar-refractivity contribution in [3.8, 4) is 0 Å². The molecule has 0 bridgehead atoms. The summed E-state index contributed by atoms with van der Waals surface area (Å²) in [6.45, 7) is 12.8. The van der Waals surface area contributed by atoms with Gasteiger partial charge in [-0.2, -0.15) is 12.6 Å². The van der Waals surface area contributed by atoms with Crippen molar-refractivity contribution in [2.45, 2.75) is 51.7 Å². The Balaban J connectivity index is 3.59. The highest BCUT2D eigenvalue weighted by Gasteiger charge is 2.14. The van der Waals surface area contributed by atoms with Crippen LogP contribution in [0.4, 0.5) is 0 Å². The first kappa shape index (κ1) is 12.1. The SMILES string of the molecule is C=C(CCCC(C)C)C(C)(C)S. The van der Waals surface area contributed by atoms with Crippen molar-refractivity contribution in [3.63, 3.8) is 0 Å². The smallest absolute Gasteiger partial charge is 0.0278 e. The van der Waals surface area contributed by atoms with Gasteiger partial charge in [-0.1, -0.05) is 32.4 Å². The average Bonchev–Trinajstić information content (AvgIpc) is 1.84. The first-order chi connectivity index (χ1) is 5.34. The van der Waals surface area contributed by atoms with Gasteiger partial charge in [-0.3, -0.25) is 0 Å². The van der Waals surface area contributed by atoms with Crippen molar-refractivity contribution >= 4 is 12.6 Å². The van der Waals surface area contributed by atoms with Gasteiger partial charge in [-0.25, -0.2) is 0 Å². The molecule has 0 saturated heterocycles. The Morgan fingerprint density at radius 3 is 2.25 bits per heavy atom. The van der Waals surface area contributed by atoms with E-state index in [1.54, 1.807) is 0 Å². The Morgan fingerprint density at radius 1 is 1.42 bits per heavy atom. The third-order valence-corrected chi connectivity index (χ3v) is 2.44. The molecule has 0 N–H and O–H groups in total. The van der Waals surface area contributed by atoms with Crippen LogP contribution in [0.15, 0.2) is 12.2 Å². The van der Waals surface area contributed by atoms with E-state index in [1.807, 2.05) is 0 Å². The maximum Gasteiger partial charge on any atom is 0.0278 e. The fourth-order valence-electron chi connectivity index (χ4n) is 1.03. The van der Waals surface area contributed by atoms with Crippen LogP contribution in [0.1, 0.15) is 47.0 Å². The Morgan fingerprint density at radius 2 is 1.92 bits per heavy atom. The van der Waals surface area contributed by atoms with Crippen LogP contribution >= 0.6 is 12.6 Å². The van der Waals surface area contributed by atoms with Crippen LogP contribution < -0.4 is 0 Å². The minimum Gasteiger partial charge on any atom is -0.169 e. The quantitative estimate of drug-likeness (QED) is 0.485. The molecule has 0 amide bonds. The minimum atomic E-state index is -0.00300. The number of hydrogen-bond donors (Lipinski definition) is 1. The minimum absolute atomic E-state index is 0.00300. The van der Waals surface area contributed by atoms with Crippen LogP contribution in [-0.4, -0.2) is 4.75 Å². The summed E-state index contributed by atoms with van der Waals surface area (Å²) in [7, 11) is 0. The monoisotopic (exact) mass is 186 g/mol. The molecule has 0 aliphatic carbocycles. The van der Waals surface area contributed by atoms with Gasteiger partial charge in [-0.15, -0.1) is 0 Å². The van der Waals surface area contributed by atoms with Crippen LogP contribution in [0.2, 0.25) is 0 Å². The van der Waals surface area contributed by atoms with Crippen LogP contribution in [-0.2, 0) is 0 Å². The topological polar surface area (TPSA) is 0 Å². The van der Waals surface area contributed by atoms with Gasteiger partial charge in [0.2, 0.25) is 0 Å². The lowest BCUT2D eigenvalue weighted by Gasteiger charge is -2.20. The lowest BCUT2D eigenvalue weighted by atomic mass is 9.96. The molecule has 0 aromatic rings. The van der Waals surface area contributed by atoms with Crippen molar-refractivity contribution in [2.75, 3.05) is 0 Å². The molecule has 72 valence electrons. The molecule has 0 radical (unpaired) electrons. The average molecular weight is 186 g/mol. The van der Waals surface area contributed by atoms with Crippen LogP contribution in [0.25, 0.3) is 0 Å². The number of rotatable bonds is 5. The molecule has 0 aliphatic heterocycles. The lowest BCUT2D eigenvalue weighted by Crippen LogP contribution is -2.13. The Labute approximate surface area is 82.9 Å². The molecule has 0 nitrogen and oxygen atoms in total. The zero-order valence-electron chi connectivity index (χ0n) is 8.85. The van der Waals surface area contributed by atoms with Gasteiger partial charge in [0.05, 0.1) is 0 Å². The molecule has 12 heavy (non-hydrogen) atoms. The number of thiol groups is 1. The van der Waals surface area contributed by atoms with E-state index in [2.05, 4.69) is 46.9 Å². The summed E-state index contributed by atoms with van der Waals surface area (Å²) in [4.78, 5) is 0. The van der Waals surface area contributed by atoms with Gasteiger partial charge in [0.25, 0.3) is 0 Å². The molecule has 0 spiro atoms. The van der Waals surface area contributed by atoms with Gasteiger partial charge < -0.3 is 0 Å². The van der Waals surface area contributed by atoms with E-state index in [1.165, 1.54) is 18.4 Å². The number of hydrogen-bond acceptors (Lipinski definition) is 1. The summed E-state index contributed by atoms with van der Waals surface area (Å²) in [6.07, 6.45) is 3.66. The molecular formula is C11H22S. The van der Waals surface area contributed by atoms with E-state index in [9.17, 15) is 0 Å². The molecule has 0 fully saturated rings. The predicted molar refractivity (Wildman–Crippen MR) is 60.9 cm³/mol. The third kappa shape index (κ3) is 5.70. The third-order valence-electron chi connectivity index (χ3n) is 2.13. The summed E-state index contributed by atoms with van der Waals surface area (Å²) < 4.78 is -0.00300. The normalized spacial score (nSPS) is 12.2. The van der Waals surface area contributed by atoms with E-state index < -0.39 is 0 Å². The highest BCUT2D eigenvalue weighted by molar-refractivity contribution is 7.82. The summed E-state index contributed by atoms with van der Waals surface area (Å²) in [5.74, 6) is 0.806. The molecule has 0 saturated carbocycles. The van der Waals surface area contributed by atoms with Gasteiger partial charge in [0.1, 0.15) is 0 Å². The Kier molecular flexibility index (Phi) is 5.00. The van der Waals surface area contributed by atoms with Crippen LogP contribution in [0.5, 0.6) is 0 Å². The first-order valence-corrected chi connectivity index (χ1v) is 5.19. The summed E-state index contributed by atoms with van der Waals surface area (Å²) in [5.41, 5.74) is 1.26. The Bertz CT molecular complexity index is 140. The molecular weight excluding hydrogens is 164 g/mol. The molecule has 0 atom stereocenters. The molecule has 0 rings (SSSR count). The van der Waals surface area contributed by atoms with Gasteiger partial charge >= 0.3 is 0 Å². The van der Waals surface area contributed by atoms with Crippen LogP contribution in [0.3, 0.4) is 0 Å². The van der Waals surface area contributed by atoms with E-state index >= 15 is 0 Å². The van der Waals surface area contributed by atoms with Gasteiger partial charge in [0, 0.05) is 4.75 Å². The maximum absolute atomic E-state index is 4.47. The summed E-state index contributed by atoms with van der Waals surface area (Å²) in [5, 5.41) is 0. The summed E-state index contributed by atoms with van der Waals surface area (Å²) >= 11 is 4.47. The zero-order chi connectivity index (χ0) is 9.78. The first-order valence-electron chi connectivity index (χ1n) is 4.74. The fourth-order valence-corrected chi connectivity index (χ4v) is 1.14. The molecule has 0 heterocycles. The van der Waals surface area contributed by atoms with Gasteiger partial charge in [0.15, 0.2) is 0 Å². The second-order valence-electron chi connectivity index (χ2n) is 4.45. The van der Waals surface area contributed by atoms with E-state index in [0.717, 1.165) is 12.3 Å². The standard InChI is InChI=1S/C11H22S/c1-9(2)7-6-8-10(3)11(4,5)12/h9,12H,3,6-8H2,1-2,4-5H3. The fraction of sp³-hybridized carbons (Fsp3) is 0.818. The van der Waals surface area contributed by atoms with Crippen molar-refractivity contribution < 1.29 is 0 Å². The van der Waals surface area contributed by atoms with E-state index in [0.29, 0.717) is 0 Å². The van der Waals surface area contributed by atoms with E-state index in [-0.39, 0.29) is 4.75 Å². The van der Waals surface area contributed by atoms with Crippen LogP contribution in [0, 0.1) is 5.92 Å². The largest absolute Gasteiger partial charge is 0.169 e. The second-order valence-corrected chi connectivity index (χ2v) is 5.57. The maximum atomic E-state index is 4.47.